The fourth-order valence-corrected chi connectivity index (χ4v) is 3.71. The van der Waals surface area contributed by atoms with Crippen LogP contribution in [-0.4, -0.2) is 24.3 Å². The monoisotopic (exact) mass is 463 g/mol. The number of benzene rings is 2. The van der Waals surface area contributed by atoms with Crippen LogP contribution in [0.25, 0.3) is 27.8 Å². The zero-order valence-corrected chi connectivity index (χ0v) is 17.5. The van der Waals surface area contributed by atoms with Crippen LogP contribution >= 0.6 is 0 Å². The smallest absolute Gasteiger partial charge is 0.309 e. The number of nitrogens with one attached hydrogen (secondary N) is 1. The van der Waals surface area contributed by atoms with Crippen molar-refractivity contribution >= 4 is 10.9 Å². The predicted octanol–water partition coefficient (Wildman–Crippen LogP) is 4.00. The number of para-hydroxylation sites is 1. The zero-order chi connectivity index (χ0) is 23.9. The van der Waals surface area contributed by atoms with Gasteiger partial charge < -0.3 is 9.55 Å². The number of H-pyrrole nitrogens is 1. The fraction of sp³-hybridized carbons (Fsp3) is 0.0833. The van der Waals surface area contributed by atoms with Gasteiger partial charge in [-0.1, -0.05) is 18.2 Å². The first kappa shape index (κ1) is 21.4. The maximum atomic E-state index is 13.0. The maximum Gasteiger partial charge on any atom is 0.416 e. The molecule has 0 aliphatic heterocycles. The minimum absolute atomic E-state index is 0.0932. The molecule has 10 heteroatoms. The second kappa shape index (κ2) is 8.14. The predicted molar refractivity (Wildman–Crippen MR) is 120 cm³/mol. The molecule has 5 aromatic rings. The summed E-state index contributed by atoms with van der Waals surface area (Å²) in [6.45, 7) is 0.0932. The molecule has 0 spiro atoms. The third-order valence-electron chi connectivity index (χ3n) is 5.34. The normalized spacial score (nSPS) is 11.7. The van der Waals surface area contributed by atoms with Gasteiger partial charge in [-0.15, -0.1) is 0 Å². The highest BCUT2D eigenvalue weighted by Crippen LogP contribution is 2.32. The molecular formula is C24H16F3N5O2. The van der Waals surface area contributed by atoms with Gasteiger partial charge in [0.05, 0.1) is 23.3 Å². The molecule has 0 bridgehead atoms. The van der Waals surface area contributed by atoms with Crippen LogP contribution in [0.15, 0.2) is 88.7 Å². The first-order chi connectivity index (χ1) is 16.3. The van der Waals surface area contributed by atoms with Gasteiger partial charge in [-0.3, -0.25) is 9.59 Å². The summed E-state index contributed by atoms with van der Waals surface area (Å²) >= 11 is 0. The summed E-state index contributed by atoms with van der Waals surface area (Å²) in [5.41, 5.74) is 0.844. The summed E-state index contributed by atoms with van der Waals surface area (Å²) in [6.07, 6.45) is -1.48. The number of nitrogens with zero attached hydrogens (tertiary/aromatic N) is 4. The molecule has 0 aliphatic carbocycles. The SMILES string of the molecule is O=c1ccnc(Cn2ccc(-c3nn(-c4ccc(C(F)(F)F)cc4)c4ccccc34)cc2=O)[nH]1. The molecule has 1 N–H and O–H groups in total. The average molecular weight is 463 g/mol. The fourth-order valence-electron chi connectivity index (χ4n) is 3.71. The molecule has 3 aromatic heterocycles. The molecule has 34 heavy (non-hydrogen) atoms. The van der Waals surface area contributed by atoms with Crippen molar-refractivity contribution in [1.29, 1.82) is 0 Å². The van der Waals surface area contributed by atoms with E-state index < -0.39 is 11.7 Å². The number of aromatic amines is 1. The Morgan fingerprint density at radius 3 is 2.41 bits per heavy atom. The molecule has 0 amide bonds. The number of hydrogen-bond acceptors (Lipinski definition) is 4. The van der Waals surface area contributed by atoms with Crippen LogP contribution < -0.4 is 11.1 Å². The van der Waals surface area contributed by atoms with Crippen LogP contribution in [-0.2, 0) is 12.7 Å². The van der Waals surface area contributed by atoms with Crippen LogP contribution in [0.4, 0.5) is 13.2 Å². The standard InChI is InChI=1S/C24H16F3N5O2/c25-24(26,27)16-5-7-17(8-6-16)32-19-4-2-1-3-18(19)23(30-32)15-10-12-31(22(34)13-15)14-20-28-11-9-21(33)29-20/h1-13H,14H2,(H,28,29,33). The molecular weight excluding hydrogens is 447 g/mol. The topological polar surface area (TPSA) is 85.6 Å². The lowest BCUT2D eigenvalue weighted by Gasteiger charge is -2.08. The third kappa shape index (κ3) is 4.01. The molecule has 0 unspecified atom stereocenters. The van der Waals surface area contributed by atoms with Crippen molar-refractivity contribution < 1.29 is 13.2 Å². The van der Waals surface area contributed by atoms with E-state index in [4.69, 9.17) is 0 Å². The first-order valence-electron chi connectivity index (χ1n) is 10.2. The average Bonchev–Trinajstić information content (AvgIpc) is 3.20. The Kier molecular flexibility index (Phi) is 5.12. The molecule has 0 saturated carbocycles. The van der Waals surface area contributed by atoms with Crippen molar-refractivity contribution in [2.45, 2.75) is 12.7 Å². The number of rotatable bonds is 4. The van der Waals surface area contributed by atoms with Crippen molar-refractivity contribution in [3.05, 3.63) is 111 Å². The van der Waals surface area contributed by atoms with Gasteiger partial charge in [-0.05, 0) is 36.4 Å². The Hall–Kier alpha value is -4.47. The molecule has 0 fully saturated rings. The van der Waals surface area contributed by atoms with E-state index >= 15 is 0 Å². The highest BCUT2D eigenvalue weighted by molar-refractivity contribution is 5.94. The minimum Gasteiger partial charge on any atom is -0.309 e. The van der Waals surface area contributed by atoms with E-state index in [1.54, 1.807) is 23.0 Å². The summed E-state index contributed by atoms with van der Waals surface area (Å²) in [7, 11) is 0. The lowest BCUT2D eigenvalue weighted by Crippen LogP contribution is -2.22. The maximum absolute atomic E-state index is 13.0. The van der Waals surface area contributed by atoms with Crippen molar-refractivity contribution in [3.63, 3.8) is 0 Å². The van der Waals surface area contributed by atoms with Crippen LogP contribution in [0.5, 0.6) is 0 Å². The van der Waals surface area contributed by atoms with Crippen molar-refractivity contribution in [2.24, 2.45) is 0 Å². The summed E-state index contributed by atoms with van der Waals surface area (Å²) in [4.78, 5) is 30.8. The molecule has 170 valence electrons. The number of fused-ring (bicyclic) bond motifs is 1. The second-order valence-corrected chi connectivity index (χ2v) is 7.58. The van der Waals surface area contributed by atoms with E-state index in [0.29, 0.717) is 28.3 Å². The second-order valence-electron chi connectivity index (χ2n) is 7.58. The molecule has 2 aromatic carbocycles. The van der Waals surface area contributed by atoms with Crippen molar-refractivity contribution in [3.8, 4) is 16.9 Å². The van der Waals surface area contributed by atoms with Crippen LogP contribution in [0.1, 0.15) is 11.4 Å². The highest BCUT2D eigenvalue weighted by atomic mass is 19.4. The summed E-state index contributed by atoms with van der Waals surface area (Å²) in [5.74, 6) is 0.347. The van der Waals surface area contributed by atoms with E-state index in [9.17, 15) is 22.8 Å². The Morgan fingerprint density at radius 1 is 0.941 bits per heavy atom. The van der Waals surface area contributed by atoms with Gasteiger partial charge in [0.25, 0.3) is 11.1 Å². The molecule has 0 aliphatic rings. The van der Waals surface area contributed by atoms with Crippen molar-refractivity contribution in [1.82, 2.24) is 24.3 Å². The van der Waals surface area contributed by atoms with Gasteiger partial charge in [-0.25, -0.2) is 9.67 Å². The number of pyridine rings is 1. The number of alkyl halides is 3. The third-order valence-corrected chi connectivity index (χ3v) is 5.34. The van der Waals surface area contributed by atoms with Crippen LogP contribution in [0.3, 0.4) is 0 Å². The molecule has 5 rings (SSSR count). The Balaban J connectivity index is 1.55. The van der Waals surface area contributed by atoms with Gasteiger partial charge in [0.2, 0.25) is 0 Å². The van der Waals surface area contributed by atoms with Gasteiger partial charge >= 0.3 is 6.18 Å². The van der Waals surface area contributed by atoms with Gasteiger partial charge in [0, 0.05) is 35.5 Å². The van der Waals surface area contributed by atoms with E-state index in [2.05, 4.69) is 15.1 Å². The molecule has 0 atom stereocenters. The molecule has 3 heterocycles. The number of hydrogen-bond donors (Lipinski definition) is 1. The van der Waals surface area contributed by atoms with E-state index in [1.807, 2.05) is 18.2 Å². The molecule has 0 saturated heterocycles. The highest BCUT2D eigenvalue weighted by Gasteiger charge is 2.30. The van der Waals surface area contributed by atoms with Gasteiger partial charge in [0.1, 0.15) is 11.5 Å². The van der Waals surface area contributed by atoms with Crippen LogP contribution in [0.2, 0.25) is 0 Å². The molecule has 7 nitrogen and oxygen atoms in total. The molecule has 0 radical (unpaired) electrons. The van der Waals surface area contributed by atoms with Gasteiger partial charge in [-0.2, -0.15) is 18.3 Å². The largest absolute Gasteiger partial charge is 0.416 e. The lowest BCUT2D eigenvalue weighted by molar-refractivity contribution is -0.137. The Morgan fingerprint density at radius 2 is 1.71 bits per heavy atom. The summed E-state index contributed by atoms with van der Waals surface area (Å²) in [6, 6.07) is 16.4. The summed E-state index contributed by atoms with van der Waals surface area (Å²) in [5, 5.41) is 5.36. The van der Waals surface area contributed by atoms with E-state index in [0.717, 1.165) is 17.5 Å². The van der Waals surface area contributed by atoms with Crippen molar-refractivity contribution in [2.75, 3.05) is 0 Å². The number of aromatic nitrogens is 5. The quantitative estimate of drug-likeness (QED) is 0.437. The lowest BCUT2D eigenvalue weighted by atomic mass is 10.1. The Labute approximate surface area is 189 Å². The van der Waals surface area contributed by atoms with Crippen LogP contribution in [0, 0.1) is 0 Å². The van der Waals surface area contributed by atoms with E-state index in [-0.39, 0.29) is 17.7 Å². The zero-order valence-electron chi connectivity index (χ0n) is 17.5. The van der Waals surface area contributed by atoms with Gasteiger partial charge in [0.15, 0.2) is 0 Å². The first-order valence-corrected chi connectivity index (χ1v) is 10.2. The minimum atomic E-state index is -4.43. The summed E-state index contributed by atoms with van der Waals surface area (Å²) < 4.78 is 41.8. The Bertz CT molecular complexity index is 1620. The number of halogens is 3. The van der Waals surface area contributed by atoms with E-state index in [1.165, 1.54) is 35.0 Å².